The molecule has 1 fully saturated rings. The fourth-order valence-electron chi connectivity index (χ4n) is 4.83. The predicted molar refractivity (Wildman–Crippen MR) is 113 cm³/mol. The van der Waals surface area contributed by atoms with E-state index < -0.39 is 11.9 Å². The van der Waals surface area contributed by atoms with Crippen LogP contribution in [0.4, 0.5) is 19.0 Å². The number of nitrogens with one attached hydrogen (secondary N) is 2. The molecule has 32 heavy (non-hydrogen) atoms. The molecule has 7 nitrogen and oxygen atoms in total. The highest BCUT2D eigenvalue weighted by molar-refractivity contribution is 5.88. The van der Waals surface area contributed by atoms with Crippen molar-refractivity contribution in [2.75, 3.05) is 32.2 Å². The molecule has 10 heteroatoms. The van der Waals surface area contributed by atoms with Gasteiger partial charge in [0.1, 0.15) is 35.8 Å². The topological polar surface area (TPSA) is 75.3 Å². The van der Waals surface area contributed by atoms with E-state index in [1.54, 1.807) is 7.11 Å². The lowest BCUT2D eigenvalue weighted by Crippen LogP contribution is -2.51. The van der Waals surface area contributed by atoms with E-state index in [4.69, 9.17) is 9.47 Å². The second-order valence-corrected chi connectivity index (χ2v) is 8.19. The molecule has 2 aliphatic heterocycles. The molecule has 2 N–H and O–H groups in total. The van der Waals surface area contributed by atoms with Crippen LogP contribution in [0.3, 0.4) is 0 Å². The summed E-state index contributed by atoms with van der Waals surface area (Å²) in [6, 6.07) is 8.80. The molecule has 1 saturated heterocycles. The lowest BCUT2D eigenvalue weighted by Gasteiger charge is -2.41. The van der Waals surface area contributed by atoms with E-state index >= 15 is 0 Å². The largest absolute Gasteiger partial charge is 0.491 e. The van der Waals surface area contributed by atoms with Gasteiger partial charge in [0.25, 0.3) is 0 Å². The van der Waals surface area contributed by atoms with Crippen molar-refractivity contribution in [2.24, 2.45) is 0 Å². The first-order chi connectivity index (χ1) is 15.5. The quantitative estimate of drug-likeness (QED) is 0.616. The number of rotatable bonds is 5. The molecule has 2 aromatic heterocycles. The van der Waals surface area contributed by atoms with Crippen LogP contribution in [-0.2, 0) is 10.9 Å². The van der Waals surface area contributed by atoms with Crippen molar-refractivity contribution in [3.05, 3.63) is 47.9 Å². The maximum Gasteiger partial charge on any atom is 0.431 e. The summed E-state index contributed by atoms with van der Waals surface area (Å²) in [5.41, 5.74) is 0.245. The number of para-hydroxylation sites is 1. The number of halogens is 3. The SMILES string of the molecule is COC[C@H]1CCCN1[C@H]1COc2ccccc2[C@@H]1Nc1ncnc2[nH]c(C(F)(F)F)cc12. The summed E-state index contributed by atoms with van der Waals surface area (Å²) in [7, 11) is 1.70. The number of anilines is 1. The number of likely N-dealkylation sites (tertiary alicyclic amines) is 1. The fourth-order valence-corrected chi connectivity index (χ4v) is 4.83. The Hall–Kier alpha value is -2.85. The Kier molecular flexibility index (Phi) is 5.42. The maximum atomic E-state index is 13.3. The highest BCUT2D eigenvalue weighted by Crippen LogP contribution is 2.40. The maximum absolute atomic E-state index is 13.3. The van der Waals surface area contributed by atoms with Crippen molar-refractivity contribution >= 4 is 16.9 Å². The van der Waals surface area contributed by atoms with E-state index in [0.717, 1.165) is 36.8 Å². The van der Waals surface area contributed by atoms with Crippen LogP contribution in [0.5, 0.6) is 5.75 Å². The van der Waals surface area contributed by atoms with Crippen molar-refractivity contribution in [3.63, 3.8) is 0 Å². The van der Waals surface area contributed by atoms with Crippen molar-refractivity contribution in [3.8, 4) is 5.75 Å². The third kappa shape index (κ3) is 3.77. The van der Waals surface area contributed by atoms with Crippen LogP contribution in [0.15, 0.2) is 36.7 Å². The third-order valence-corrected chi connectivity index (χ3v) is 6.28. The fraction of sp³-hybridized carbons (Fsp3) is 0.455. The number of alkyl halides is 3. The van der Waals surface area contributed by atoms with Gasteiger partial charge in [-0.2, -0.15) is 13.2 Å². The Morgan fingerprint density at radius 3 is 2.94 bits per heavy atom. The third-order valence-electron chi connectivity index (χ3n) is 6.28. The van der Waals surface area contributed by atoms with Crippen LogP contribution < -0.4 is 10.1 Å². The van der Waals surface area contributed by atoms with Crippen LogP contribution in [0.2, 0.25) is 0 Å². The van der Waals surface area contributed by atoms with Crippen molar-refractivity contribution in [1.29, 1.82) is 0 Å². The van der Waals surface area contributed by atoms with E-state index in [0.29, 0.717) is 24.4 Å². The van der Waals surface area contributed by atoms with Crippen molar-refractivity contribution < 1.29 is 22.6 Å². The van der Waals surface area contributed by atoms with Gasteiger partial charge in [0.05, 0.1) is 24.1 Å². The summed E-state index contributed by atoms with van der Waals surface area (Å²) in [5, 5.41) is 3.74. The number of methoxy groups -OCH3 is 1. The molecule has 170 valence electrons. The molecule has 0 aliphatic carbocycles. The molecule has 3 aromatic rings. The van der Waals surface area contributed by atoms with Crippen LogP contribution in [0.1, 0.15) is 30.1 Å². The minimum Gasteiger partial charge on any atom is -0.491 e. The van der Waals surface area contributed by atoms with Gasteiger partial charge in [-0.3, -0.25) is 4.90 Å². The summed E-state index contributed by atoms with van der Waals surface area (Å²) < 4.78 is 51.3. The summed E-state index contributed by atoms with van der Waals surface area (Å²) in [5.74, 6) is 1.12. The molecule has 0 radical (unpaired) electrons. The second-order valence-electron chi connectivity index (χ2n) is 8.19. The molecule has 2 aliphatic rings. The summed E-state index contributed by atoms with van der Waals surface area (Å²) in [4.78, 5) is 13.0. The average molecular weight is 447 g/mol. The van der Waals surface area contributed by atoms with E-state index in [1.807, 2.05) is 24.3 Å². The molecule has 4 heterocycles. The minimum atomic E-state index is -4.49. The van der Waals surface area contributed by atoms with Gasteiger partial charge in [-0.1, -0.05) is 18.2 Å². The number of hydrogen-bond donors (Lipinski definition) is 2. The molecule has 1 aromatic carbocycles. The lowest BCUT2D eigenvalue weighted by molar-refractivity contribution is -0.140. The van der Waals surface area contributed by atoms with Crippen molar-refractivity contribution in [1.82, 2.24) is 19.9 Å². The zero-order valence-electron chi connectivity index (χ0n) is 17.5. The number of benzene rings is 1. The number of aromatic amines is 1. The van der Waals surface area contributed by atoms with Gasteiger partial charge >= 0.3 is 6.18 Å². The molecule has 0 bridgehead atoms. The number of hydrogen-bond acceptors (Lipinski definition) is 6. The first-order valence-corrected chi connectivity index (χ1v) is 10.6. The van der Waals surface area contributed by atoms with Crippen LogP contribution >= 0.6 is 0 Å². The lowest BCUT2D eigenvalue weighted by atomic mass is 9.94. The van der Waals surface area contributed by atoms with E-state index in [1.165, 1.54) is 6.33 Å². The first-order valence-electron chi connectivity index (χ1n) is 10.6. The Morgan fingerprint density at radius 1 is 1.28 bits per heavy atom. The zero-order chi connectivity index (χ0) is 22.3. The van der Waals surface area contributed by atoms with E-state index in [2.05, 4.69) is 25.2 Å². The monoisotopic (exact) mass is 447 g/mol. The van der Waals surface area contributed by atoms with Gasteiger partial charge < -0.3 is 19.8 Å². The summed E-state index contributed by atoms with van der Waals surface area (Å²) >= 11 is 0. The van der Waals surface area contributed by atoms with Gasteiger partial charge in [0, 0.05) is 18.7 Å². The Bertz CT molecular complexity index is 1100. The van der Waals surface area contributed by atoms with Crippen LogP contribution in [0, 0.1) is 0 Å². The van der Waals surface area contributed by atoms with E-state index in [9.17, 15) is 13.2 Å². The highest BCUT2D eigenvalue weighted by Gasteiger charge is 2.40. The Balaban J connectivity index is 1.54. The summed E-state index contributed by atoms with van der Waals surface area (Å²) in [6.07, 6.45) is -1.13. The summed E-state index contributed by atoms with van der Waals surface area (Å²) in [6.45, 7) is 1.99. The molecule has 0 spiro atoms. The zero-order valence-corrected chi connectivity index (χ0v) is 17.5. The van der Waals surface area contributed by atoms with Gasteiger partial charge in [0.15, 0.2) is 0 Å². The molecule has 0 amide bonds. The molecule has 0 unspecified atom stereocenters. The highest BCUT2D eigenvalue weighted by atomic mass is 19.4. The standard InChI is InChI=1S/C22H24F3N5O2/c1-31-10-13-5-4-8-30(13)16-11-32-17-7-3-2-6-14(17)19(16)29-21-15-9-18(22(23,24)25)28-20(15)26-12-27-21/h2-3,6-7,9,12-13,16,19H,4-5,8,10-11H2,1H3,(H2,26,27,28,29)/t13-,16+,19+/m1/s1. The number of fused-ring (bicyclic) bond motifs is 2. The molecular weight excluding hydrogens is 423 g/mol. The Morgan fingerprint density at radius 2 is 2.12 bits per heavy atom. The second kappa shape index (κ2) is 8.25. The van der Waals surface area contributed by atoms with Crippen LogP contribution in [-0.4, -0.2) is 58.8 Å². The Labute approximate surface area is 182 Å². The van der Waals surface area contributed by atoms with Gasteiger partial charge in [-0.05, 0) is 31.5 Å². The average Bonchev–Trinajstić information content (AvgIpc) is 3.42. The van der Waals surface area contributed by atoms with Crippen molar-refractivity contribution in [2.45, 2.75) is 37.1 Å². The molecule has 0 saturated carbocycles. The normalized spacial score (nSPS) is 23.8. The molecule has 3 atom stereocenters. The molecule has 5 rings (SSSR count). The number of nitrogens with zero attached hydrogens (tertiary/aromatic N) is 3. The predicted octanol–water partition coefficient (Wildman–Crippen LogP) is 4.00. The first kappa shape index (κ1) is 21.0. The minimum absolute atomic E-state index is 0.0291. The van der Waals surface area contributed by atoms with E-state index in [-0.39, 0.29) is 23.8 Å². The molecular formula is C22H24F3N5O2. The number of aromatic nitrogens is 3. The number of ether oxygens (including phenoxy) is 2. The van der Waals surface area contributed by atoms with Gasteiger partial charge in [-0.15, -0.1) is 0 Å². The van der Waals surface area contributed by atoms with Crippen LogP contribution in [0.25, 0.3) is 11.0 Å². The van der Waals surface area contributed by atoms with Gasteiger partial charge in [0.2, 0.25) is 0 Å². The van der Waals surface area contributed by atoms with Gasteiger partial charge in [-0.25, -0.2) is 9.97 Å². The smallest absolute Gasteiger partial charge is 0.431 e. The number of H-pyrrole nitrogens is 1.